The van der Waals surface area contributed by atoms with Crippen LogP contribution in [-0.4, -0.2) is 11.6 Å². The molecular weight excluding hydrogens is 200 g/mol. The monoisotopic (exact) mass is 212 g/mol. The summed E-state index contributed by atoms with van der Waals surface area (Å²) in [5, 5.41) is 0. The Morgan fingerprint density at radius 1 is 0.875 bits per heavy atom. The molecule has 2 rings (SSSR count). The van der Waals surface area contributed by atoms with Crippen LogP contribution in [0, 0.1) is 11.8 Å². The maximum atomic E-state index is 12.1. The molecule has 0 aliphatic heterocycles. The number of rotatable bonds is 2. The molecule has 2 nitrogen and oxygen atoms in total. The van der Waals surface area contributed by atoms with E-state index in [4.69, 9.17) is 0 Å². The zero-order chi connectivity index (χ0) is 11.7. The summed E-state index contributed by atoms with van der Waals surface area (Å²) in [4.78, 5) is 24.2. The smallest absolute Gasteiger partial charge is 0.171 e. The third kappa shape index (κ3) is 1.34. The van der Waals surface area contributed by atoms with Crippen molar-refractivity contribution >= 4 is 11.6 Å². The first-order valence-corrected chi connectivity index (χ1v) is 5.13. The average molecular weight is 212 g/mol. The van der Waals surface area contributed by atoms with Crippen LogP contribution in [0.2, 0.25) is 0 Å². The summed E-state index contributed by atoms with van der Waals surface area (Å²) in [6, 6.07) is 6.90. The maximum Gasteiger partial charge on any atom is 0.171 e. The average Bonchev–Trinajstić information content (AvgIpc) is 2.33. The molecule has 1 aromatic carbocycles. The molecule has 2 unspecified atom stereocenters. The molecule has 80 valence electrons. The number of hydrogen-bond acceptors (Lipinski definition) is 2. The lowest BCUT2D eigenvalue weighted by atomic mass is 9.74. The third-order valence-electron chi connectivity index (χ3n) is 2.96. The predicted octanol–water partition coefficient (Wildman–Crippen LogP) is 2.67. The highest BCUT2D eigenvalue weighted by Crippen LogP contribution is 2.31. The summed E-state index contributed by atoms with van der Waals surface area (Å²) in [6.07, 6.45) is 3.06. The Hall–Kier alpha value is -1.96. The van der Waals surface area contributed by atoms with Gasteiger partial charge in [0.05, 0.1) is 11.8 Å². The first kappa shape index (κ1) is 10.6. The Labute approximate surface area is 94.3 Å². The molecule has 0 aromatic heterocycles. The Bertz CT molecular complexity index is 440. The summed E-state index contributed by atoms with van der Waals surface area (Å²) >= 11 is 0. The van der Waals surface area contributed by atoms with Crippen molar-refractivity contribution in [3.8, 4) is 0 Å². The van der Waals surface area contributed by atoms with E-state index in [1.807, 2.05) is 0 Å². The van der Waals surface area contributed by atoms with Gasteiger partial charge >= 0.3 is 0 Å². The molecule has 1 aromatic rings. The van der Waals surface area contributed by atoms with Crippen LogP contribution >= 0.6 is 0 Å². The van der Waals surface area contributed by atoms with Gasteiger partial charge in [0, 0.05) is 11.1 Å². The fourth-order valence-electron chi connectivity index (χ4n) is 2.11. The molecule has 1 aliphatic rings. The minimum Gasteiger partial charge on any atom is -0.293 e. The van der Waals surface area contributed by atoms with E-state index >= 15 is 0 Å². The summed E-state index contributed by atoms with van der Waals surface area (Å²) in [5.41, 5.74) is 0.992. The summed E-state index contributed by atoms with van der Waals surface area (Å²) in [7, 11) is 0. The minimum atomic E-state index is -0.472. The molecular formula is C14H12O2. The predicted molar refractivity (Wildman–Crippen MR) is 62.5 cm³/mol. The Morgan fingerprint density at radius 2 is 1.25 bits per heavy atom. The number of carbonyl (C=O) groups excluding carboxylic acids is 2. The third-order valence-corrected chi connectivity index (χ3v) is 2.96. The van der Waals surface area contributed by atoms with Gasteiger partial charge in [-0.05, 0) is 0 Å². The van der Waals surface area contributed by atoms with Gasteiger partial charge in [-0.3, -0.25) is 9.59 Å². The van der Waals surface area contributed by atoms with Crippen molar-refractivity contribution in [2.75, 3.05) is 0 Å². The highest BCUT2D eigenvalue weighted by molar-refractivity contribution is 6.17. The van der Waals surface area contributed by atoms with E-state index in [0.29, 0.717) is 11.1 Å². The van der Waals surface area contributed by atoms with Gasteiger partial charge in [-0.2, -0.15) is 0 Å². The van der Waals surface area contributed by atoms with Crippen LogP contribution < -0.4 is 0 Å². The fraction of sp³-hybridized carbons (Fsp3) is 0.143. The van der Waals surface area contributed by atoms with E-state index in [0.717, 1.165) is 0 Å². The number of ketones is 2. The number of hydrogen-bond donors (Lipinski definition) is 0. The molecule has 16 heavy (non-hydrogen) atoms. The quantitative estimate of drug-likeness (QED) is 0.706. The first-order valence-electron chi connectivity index (χ1n) is 5.13. The summed E-state index contributed by atoms with van der Waals surface area (Å²) in [6.45, 7) is 7.24. The van der Waals surface area contributed by atoms with Crippen LogP contribution in [0.3, 0.4) is 0 Å². The molecule has 0 heterocycles. The summed E-state index contributed by atoms with van der Waals surface area (Å²) < 4.78 is 0. The summed E-state index contributed by atoms with van der Waals surface area (Å²) in [5.74, 6) is -1.04. The lowest BCUT2D eigenvalue weighted by Crippen LogP contribution is -2.34. The van der Waals surface area contributed by atoms with E-state index in [-0.39, 0.29) is 11.6 Å². The second-order valence-electron chi connectivity index (χ2n) is 3.80. The SMILES string of the molecule is C=CC1C(=O)c2ccccc2C(=O)C1C=C. The molecule has 1 aliphatic carbocycles. The molecule has 0 amide bonds. The standard InChI is InChI=1S/C14H12O2/c1-3-9-10(4-2)14(16)12-8-6-5-7-11(12)13(9)15/h3-10H,1-2H2. The van der Waals surface area contributed by atoms with Crippen molar-refractivity contribution in [3.63, 3.8) is 0 Å². The second kappa shape index (κ2) is 3.89. The number of allylic oxidation sites excluding steroid dienone is 2. The lowest BCUT2D eigenvalue weighted by Gasteiger charge is -2.26. The van der Waals surface area contributed by atoms with Crippen molar-refractivity contribution in [1.82, 2.24) is 0 Å². The van der Waals surface area contributed by atoms with Crippen molar-refractivity contribution in [2.45, 2.75) is 0 Å². The van der Waals surface area contributed by atoms with E-state index in [1.54, 1.807) is 24.3 Å². The number of carbonyl (C=O) groups is 2. The van der Waals surface area contributed by atoms with E-state index < -0.39 is 11.8 Å². The van der Waals surface area contributed by atoms with Gasteiger partial charge in [-0.25, -0.2) is 0 Å². The highest BCUT2D eigenvalue weighted by Gasteiger charge is 2.37. The molecule has 0 saturated heterocycles. The van der Waals surface area contributed by atoms with E-state index in [1.165, 1.54) is 12.2 Å². The lowest BCUT2D eigenvalue weighted by molar-refractivity contribution is 0.0803. The maximum absolute atomic E-state index is 12.1. The van der Waals surface area contributed by atoms with Gasteiger partial charge in [-0.15, -0.1) is 13.2 Å². The van der Waals surface area contributed by atoms with Crippen LogP contribution in [-0.2, 0) is 0 Å². The van der Waals surface area contributed by atoms with Crippen molar-refractivity contribution in [3.05, 3.63) is 60.7 Å². The van der Waals surface area contributed by atoms with Crippen LogP contribution in [0.1, 0.15) is 20.7 Å². The molecule has 0 radical (unpaired) electrons. The van der Waals surface area contributed by atoms with Crippen LogP contribution in [0.5, 0.6) is 0 Å². The van der Waals surface area contributed by atoms with Crippen molar-refractivity contribution < 1.29 is 9.59 Å². The number of Topliss-reactive ketones (excluding diaryl/α,β-unsaturated/α-hetero) is 2. The van der Waals surface area contributed by atoms with E-state index in [2.05, 4.69) is 13.2 Å². The van der Waals surface area contributed by atoms with Crippen LogP contribution in [0.4, 0.5) is 0 Å². The normalized spacial score (nSPS) is 23.8. The zero-order valence-electron chi connectivity index (χ0n) is 8.85. The molecule has 0 bridgehead atoms. The Balaban J connectivity index is 2.63. The van der Waals surface area contributed by atoms with Crippen LogP contribution in [0.25, 0.3) is 0 Å². The van der Waals surface area contributed by atoms with Gasteiger partial charge in [0.25, 0.3) is 0 Å². The molecule has 2 atom stereocenters. The molecule has 0 N–H and O–H groups in total. The fourth-order valence-corrected chi connectivity index (χ4v) is 2.11. The number of fused-ring (bicyclic) bond motifs is 1. The van der Waals surface area contributed by atoms with Crippen molar-refractivity contribution in [2.24, 2.45) is 11.8 Å². The molecule has 0 spiro atoms. The highest BCUT2D eigenvalue weighted by atomic mass is 16.1. The Morgan fingerprint density at radius 3 is 1.56 bits per heavy atom. The molecule has 2 heteroatoms. The minimum absolute atomic E-state index is 0.0462. The topological polar surface area (TPSA) is 34.1 Å². The van der Waals surface area contributed by atoms with Gasteiger partial charge in [0.1, 0.15) is 0 Å². The molecule has 0 saturated carbocycles. The Kier molecular flexibility index (Phi) is 2.57. The molecule has 0 fully saturated rings. The van der Waals surface area contributed by atoms with E-state index in [9.17, 15) is 9.59 Å². The second-order valence-corrected chi connectivity index (χ2v) is 3.80. The van der Waals surface area contributed by atoms with Gasteiger partial charge in [0.15, 0.2) is 11.6 Å². The van der Waals surface area contributed by atoms with Gasteiger partial charge in [-0.1, -0.05) is 36.4 Å². The van der Waals surface area contributed by atoms with Crippen LogP contribution in [0.15, 0.2) is 49.6 Å². The largest absolute Gasteiger partial charge is 0.293 e. The first-order chi connectivity index (χ1) is 7.70. The van der Waals surface area contributed by atoms with Gasteiger partial charge in [0.2, 0.25) is 0 Å². The van der Waals surface area contributed by atoms with Gasteiger partial charge < -0.3 is 0 Å². The number of benzene rings is 1. The van der Waals surface area contributed by atoms with Crippen molar-refractivity contribution in [1.29, 1.82) is 0 Å². The zero-order valence-corrected chi connectivity index (χ0v) is 8.85.